The zero-order chi connectivity index (χ0) is 14.6. The first-order chi connectivity index (χ1) is 8.82. The van der Waals surface area contributed by atoms with Crippen LogP contribution < -0.4 is 9.47 Å². The number of carbonyl (C=O) groups is 1. The number of ether oxygens (including phenoxy) is 3. The maximum atomic E-state index is 12.2. The monoisotopic (exact) mass is 343 g/mol. The third kappa shape index (κ3) is 3.98. The number of carbonyl (C=O) groups excluding carboxylic acids is 1. The van der Waals surface area contributed by atoms with Gasteiger partial charge >= 0.3 is 12.3 Å². The molecule has 106 valence electrons. The van der Waals surface area contributed by atoms with Crippen LogP contribution in [0.3, 0.4) is 0 Å². The first-order valence-electron chi connectivity index (χ1n) is 4.80. The van der Waals surface area contributed by atoms with E-state index in [0.29, 0.717) is 0 Å². The Balaban J connectivity index is 3.34. The van der Waals surface area contributed by atoms with Gasteiger partial charge in [0.05, 0.1) is 19.9 Å². The van der Waals surface area contributed by atoms with E-state index in [1.54, 1.807) is 0 Å². The van der Waals surface area contributed by atoms with Gasteiger partial charge in [0.25, 0.3) is 0 Å². The Labute approximate surface area is 114 Å². The Morgan fingerprint density at radius 1 is 1.42 bits per heavy atom. The van der Waals surface area contributed by atoms with Crippen LogP contribution in [-0.2, 0) is 10.1 Å². The second-order valence-electron chi connectivity index (χ2n) is 3.16. The van der Waals surface area contributed by atoms with Crippen LogP contribution in [0.15, 0.2) is 6.07 Å². The lowest BCUT2D eigenvalue weighted by Gasteiger charge is -2.14. The van der Waals surface area contributed by atoms with E-state index in [2.05, 4.69) is 30.4 Å². The Morgan fingerprint density at radius 3 is 2.47 bits per heavy atom. The summed E-state index contributed by atoms with van der Waals surface area (Å²) in [5.74, 6) is -1.59. The highest BCUT2D eigenvalue weighted by Gasteiger charge is 2.33. The van der Waals surface area contributed by atoms with Gasteiger partial charge in [-0.15, -0.1) is 13.2 Å². The highest BCUT2D eigenvalue weighted by Crippen LogP contribution is 2.31. The van der Waals surface area contributed by atoms with E-state index < -0.39 is 18.2 Å². The molecule has 0 aliphatic heterocycles. The predicted octanol–water partition coefficient (Wildman–Crippen LogP) is 2.67. The van der Waals surface area contributed by atoms with Gasteiger partial charge in [0.2, 0.25) is 5.88 Å². The molecule has 0 fully saturated rings. The van der Waals surface area contributed by atoms with Crippen LogP contribution in [-0.4, -0.2) is 31.5 Å². The van der Waals surface area contributed by atoms with Crippen LogP contribution in [0.5, 0.6) is 11.6 Å². The lowest BCUT2D eigenvalue weighted by Crippen LogP contribution is -2.19. The molecular formula is C10H9BrF3NO4. The first kappa shape index (κ1) is 15.5. The van der Waals surface area contributed by atoms with E-state index in [1.807, 2.05) is 0 Å². The van der Waals surface area contributed by atoms with Crippen LogP contribution in [0.4, 0.5) is 13.2 Å². The molecule has 1 heterocycles. The molecule has 0 unspecified atom stereocenters. The fourth-order valence-electron chi connectivity index (χ4n) is 1.31. The van der Waals surface area contributed by atoms with Gasteiger partial charge < -0.3 is 14.2 Å². The average molecular weight is 344 g/mol. The largest absolute Gasteiger partial charge is 0.574 e. The van der Waals surface area contributed by atoms with Crippen molar-refractivity contribution >= 4 is 21.9 Å². The van der Waals surface area contributed by atoms with Crippen molar-refractivity contribution < 1.29 is 32.2 Å². The van der Waals surface area contributed by atoms with Gasteiger partial charge in [-0.25, -0.2) is 9.78 Å². The van der Waals surface area contributed by atoms with Gasteiger partial charge in [0.1, 0.15) is 5.56 Å². The van der Waals surface area contributed by atoms with Gasteiger partial charge in [-0.3, -0.25) is 0 Å². The van der Waals surface area contributed by atoms with E-state index >= 15 is 0 Å². The van der Waals surface area contributed by atoms with Gasteiger partial charge in [-0.05, 0) is 0 Å². The van der Waals surface area contributed by atoms with Crippen LogP contribution in [0, 0.1) is 0 Å². The minimum absolute atomic E-state index is 0.0262. The Hall–Kier alpha value is -1.51. The number of hydrogen-bond acceptors (Lipinski definition) is 5. The Bertz CT molecular complexity index is 479. The van der Waals surface area contributed by atoms with Crippen molar-refractivity contribution in [1.29, 1.82) is 0 Å². The molecule has 0 bridgehead atoms. The number of alkyl halides is 4. The van der Waals surface area contributed by atoms with Crippen molar-refractivity contribution in [2.75, 3.05) is 14.2 Å². The highest BCUT2D eigenvalue weighted by molar-refractivity contribution is 9.08. The number of aromatic nitrogens is 1. The van der Waals surface area contributed by atoms with E-state index in [-0.39, 0.29) is 22.3 Å². The summed E-state index contributed by atoms with van der Waals surface area (Å²) in [7, 11) is 2.36. The van der Waals surface area contributed by atoms with Crippen molar-refractivity contribution in [2.24, 2.45) is 0 Å². The molecule has 0 saturated heterocycles. The standard InChI is InChI=1S/C10H9BrF3NO4/c1-17-8-5(9(16)18-2)3-7(15-6(8)4-11)19-10(12,13)14/h3H,4H2,1-2H3. The number of nitrogens with zero attached hydrogens (tertiary/aromatic N) is 1. The summed E-state index contributed by atoms with van der Waals surface area (Å²) in [4.78, 5) is 15.1. The summed E-state index contributed by atoms with van der Waals surface area (Å²) in [6.07, 6.45) is -4.90. The molecule has 1 rings (SSSR count). The smallest absolute Gasteiger partial charge is 0.494 e. The molecule has 0 N–H and O–H groups in total. The zero-order valence-corrected chi connectivity index (χ0v) is 11.5. The first-order valence-corrected chi connectivity index (χ1v) is 5.92. The molecule has 9 heteroatoms. The van der Waals surface area contributed by atoms with Crippen molar-refractivity contribution in [1.82, 2.24) is 4.98 Å². The third-order valence-electron chi connectivity index (χ3n) is 1.98. The van der Waals surface area contributed by atoms with Crippen molar-refractivity contribution in [3.63, 3.8) is 0 Å². The highest BCUT2D eigenvalue weighted by atomic mass is 79.9. The van der Waals surface area contributed by atoms with Gasteiger partial charge in [-0.1, -0.05) is 15.9 Å². The van der Waals surface area contributed by atoms with Gasteiger partial charge in [-0.2, -0.15) is 0 Å². The normalized spacial score (nSPS) is 11.1. The summed E-state index contributed by atoms with van der Waals surface area (Å²) < 4.78 is 49.6. The van der Waals surface area contributed by atoms with Crippen molar-refractivity contribution in [3.8, 4) is 11.6 Å². The van der Waals surface area contributed by atoms with Crippen molar-refractivity contribution in [2.45, 2.75) is 11.7 Å². The zero-order valence-electron chi connectivity index (χ0n) is 9.88. The maximum absolute atomic E-state index is 12.2. The molecule has 0 aliphatic carbocycles. The second kappa shape index (κ2) is 6.09. The quantitative estimate of drug-likeness (QED) is 0.621. The molecule has 1 aromatic rings. The molecule has 1 aromatic heterocycles. The summed E-state index contributed by atoms with van der Waals surface area (Å²) in [6.45, 7) is 0. The number of halogens is 4. The second-order valence-corrected chi connectivity index (χ2v) is 3.72. The SMILES string of the molecule is COC(=O)c1cc(OC(F)(F)F)nc(CBr)c1OC. The summed E-state index contributed by atoms with van der Waals surface area (Å²) >= 11 is 3.04. The Kier molecular flexibility index (Phi) is 4.98. The van der Waals surface area contributed by atoms with E-state index in [1.165, 1.54) is 7.11 Å². The third-order valence-corrected chi connectivity index (χ3v) is 2.51. The molecule has 0 saturated carbocycles. The maximum Gasteiger partial charge on any atom is 0.574 e. The summed E-state index contributed by atoms with van der Waals surface area (Å²) in [5, 5.41) is 0.0786. The van der Waals surface area contributed by atoms with Crippen LogP contribution in [0.2, 0.25) is 0 Å². The van der Waals surface area contributed by atoms with E-state index in [4.69, 9.17) is 4.74 Å². The molecule has 0 atom stereocenters. The van der Waals surface area contributed by atoms with E-state index in [0.717, 1.165) is 13.2 Å². The van der Waals surface area contributed by atoms with Crippen LogP contribution >= 0.6 is 15.9 Å². The molecule has 19 heavy (non-hydrogen) atoms. The van der Waals surface area contributed by atoms with Gasteiger partial charge in [0, 0.05) is 11.4 Å². The number of pyridine rings is 1. The fourth-order valence-corrected chi connectivity index (χ4v) is 1.69. The number of hydrogen-bond donors (Lipinski definition) is 0. The fraction of sp³-hybridized carbons (Fsp3) is 0.400. The predicted molar refractivity (Wildman–Crippen MR) is 61.4 cm³/mol. The molecule has 0 aliphatic rings. The summed E-state index contributed by atoms with van der Waals surface area (Å²) in [5.41, 5.74) is -0.113. The lowest BCUT2D eigenvalue weighted by molar-refractivity contribution is -0.276. The van der Waals surface area contributed by atoms with Gasteiger partial charge in [0.15, 0.2) is 5.75 Å². The topological polar surface area (TPSA) is 57.7 Å². The Morgan fingerprint density at radius 2 is 2.05 bits per heavy atom. The van der Waals surface area contributed by atoms with Crippen LogP contribution in [0.1, 0.15) is 16.1 Å². The summed E-state index contributed by atoms with van der Waals surface area (Å²) in [6, 6.07) is 0.810. The molecule has 0 spiro atoms. The molecule has 0 amide bonds. The molecular weight excluding hydrogens is 335 g/mol. The minimum Gasteiger partial charge on any atom is -0.494 e. The molecule has 0 radical (unpaired) electrons. The minimum atomic E-state index is -4.90. The lowest BCUT2D eigenvalue weighted by atomic mass is 10.2. The average Bonchev–Trinajstić information content (AvgIpc) is 2.34. The molecule has 0 aromatic carbocycles. The number of methoxy groups -OCH3 is 2. The number of esters is 1. The van der Waals surface area contributed by atoms with Crippen molar-refractivity contribution in [3.05, 3.63) is 17.3 Å². The van der Waals surface area contributed by atoms with Crippen LogP contribution in [0.25, 0.3) is 0 Å². The molecule has 5 nitrogen and oxygen atoms in total. The van der Waals surface area contributed by atoms with E-state index in [9.17, 15) is 18.0 Å². The number of rotatable bonds is 4.